The molecule has 8 heteroatoms. The van der Waals surface area contributed by atoms with E-state index in [4.69, 9.17) is 9.47 Å². The van der Waals surface area contributed by atoms with Crippen molar-refractivity contribution >= 4 is 5.69 Å². The van der Waals surface area contributed by atoms with Crippen LogP contribution in [0.4, 0.5) is 5.69 Å². The molecule has 0 radical (unpaired) electrons. The average molecular weight is 256 g/mol. The lowest BCUT2D eigenvalue weighted by molar-refractivity contribution is -0.386. The third-order valence-corrected chi connectivity index (χ3v) is 2.61. The van der Waals surface area contributed by atoms with Crippen molar-refractivity contribution in [3.63, 3.8) is 0 Å². The normalized spacial score (nSPS) is 23.9. The van der Waals surface area contributed by atoms with Crippen LogP contribution in [0.15, 0.2) is 6.20 Å². The number of nitrogens with zero attached hydrogens (tertiary/aromatic N) is 3. The van der Waals surface area contributed by atoms with E-state index in [0.717, 1.165) is 6.54 Å². The van der Waals surface area contributed by atoms with Gasteiger partial charge >= 0.3 is 11.6 Å². The second-order valence-electron chi connectivity index (χ2n) is 4.29. The SMILES string of the molecule is CC1CNCC(COc2nn(C)cc2[N+](=O)[O-])O1. The maximum Gasteiger partial charge on any atom is 0.350 e. The van der Waals surface area contributed by atoms with Gasteiger partial charge in [0.05, 0.1) is 11.0 Å². The molecule has 18 heavy (non-hydrogen) atoms. The van der Waals surface area contributed by atoms with Crippen LogP contribution < -0.4 is 10.1 Å². The van der Waals surface area contributed by atoms with E-state index in [1.54, 1.807) is 7.05 Å². The number of nitrogens with one attached hydrogen (secondary N) is 1. The van der Waals surface area contributed by atoms with E-state index < -0.39 is 4.92 Å². The summed E-state index contributed by atoms with van der Waals surface area (Å²) in [5.74, 6) is 0.0318. The first kappa shape index (κ1) is 12.8. The lowest BCUT2D eigenvalue weighted by Gasteiger charge is -2.28. The summed E-state index contributed by atoms with van der Waals surface area (Å²) in [5.41, 5.74) is -0.130. The Hall–Kier alpha value is -1.67. The summed E-state index contributed by atoms with van der Waals surface area (Å²) < 4.78 is 12.3. The van der Waals surface area contributed by atoms with Gasteiger partial charge in [-0.2, -0.15) is 0 Å². The average Bonchev–Trinajstić information content (AvgIpc) is 2.68. The van der Waals surface area contributed by atoms with Crippen LogP contribution in [-0.2, 0) is 11.8 Å². The summed E-state index contributed by atoms with van der Waals surface area (Å²) in [6, 6.07) is 0. The molecule has 1 aliphatic heterocycles. The maximum absolute atomic E-state index is 10.8. The molecule has 1 aromatic rings. The molecule has 2 unspecified atom stereocenters. The maximum atomic E-state index is 10.8. The molecule has 2 rings (SSSR count). The van der Waals surface area contributed by atoms with Crippen molar-refractivity contribution in [1.29, 1.82) is 0 Å². The molecular formula is C10H16N4O4. The molecule has 8 nitrogen and oxygen atoms in total. The van der Waals surface area contributed by atoms with Gasteiger partial charge in [0, 0.05) is 20.1 Å². The summed E-state index contributed by atoms with van der Waals surface area (Å²) in [4.78, 5) is 10.3. The smallest absolute Gasteiger partial charge is 0.350 e. The van der Waals surface area contributed by atoms with Crippen molar-refractivity contribution in [2.45, 2.75) is 19.1 Å². The van der Waals surface area contributed by atoms with Gasteiger partial charge in [0.25, 0.3) is 0 Å². The molecule has 1 fully saturated rings. The van der Waals surface area contributed by atoms with Crippen LogP contribution in [-0.4, -0.2) is 46.6 Å². The van der Waals surface area contributed by atoms with Gasteiger partial charge in [-0.05, 0) is 6.92 Å². The lowest BCUT2D eigenvalue weighted by Crippen LogP contribution is -2.45. The Morgan fingerprint density at radius 1 is 1.72 bits per heavy atom. The monoisotopic (exact) mass is 256 g/mol. The van der Waals surface area contributed by atoms with Crippen LogP contribution >= 0.6 is 0 Å². The highest BCUT2D eigenvalue weighted by Crippen LogP contribution is 2.24. The van der Waals surface area contributed by atoms with Gasteiger partial charge in [0.15, 0.2) is 0 Å². The van der Waals surface area contributed by atoms with Crippen LogP contribution in [0.25, 0.3) is 0 Å². The molecule has 100 valence electrons. The van der Waals surface area contributed by atoms with Gasteiger partial charge in [-0.1, -0.05) is 0 Å². The minimum absolute atomic E-state index is 0.0318. The second kappa shape index (κ2) is 5.32. The third-order valence-electron chi connectivity index (χ3n) is 2.61. The van der Waals surface area contributed by atoms with Gasteiger partial charge < -0.3 is 14.8 Å². The molecule has 0 saturated carbocycles. The van der Waals surface area contributed by atoms with Gasteiger partial charge in [-0.15, -0.1) is 5.10 Å². The highest BCUT2D eigenvalue weighted by molar-refractivity contribution is 5.38. The summed E-state index contributed by atoms with van der Waals surface area (Å²) in [6.45, 7) is 3.68. The number of hydrogen-bond donors (Lipinski definition) is 1. The van der Waals surface area contributed by atoms with E-state index in [-0.39, 0.29) is 30.4 Å². The van der Waals surface area contributed by atoms with Crippen LogP contribution in [0.3, 0.4) is 0 Å². The van der Waals surface area contributed by atoms with Gasteiger partial charge in [0.2, 0.25) is 0 Å². The molecule has 1 saturated heterocycles. The zero-order valence-electron chi connectivity index (χ0n) is 10.3. The molecule has 1 aromatic heterocycles. The predicted molar refractivity (Wildman–Crippen MR) is 62.6 cm³/mol. The highest BCUT2D eigenvalue weighted by atomic mass is 16.6. The Morgan fingerprint density at radius 3 is 3.17 bits per heavy atom. The zero-order valence-corrected chi connectivity index (χ0v) is 10.3. The summed E-state index contributed by atoms with van der Waals surface area (Å²) >= 11 is 0. The molecule has 0 spiro atoms. The molecule has 2 atom stereocenters. The Kier molecular flexibility index (Phi) is 3.78. The van der Waals surface area contributed by atoms with Crippen molar-refractivity contribution in [2.75, 3.05) is 19.7 Å². The first-order chi connectivity index (χ1) is 8.56. The van der Waals surface area contributed by atoms with E-state index in [9.17, 15) is 10.1 Å². The van der Waals surface area contributed by atoms with Crippen LogP contribution in [0.1, 0.15) is 6.92 Å². The number of aromatic nitrogens is 2. The third kappa shape index (κ3) is 2.96. The number of aryl methyl sites for hydroxylation is 1. The molecule has 0 aliphatic carbocycles. The molecule has 0 aromatic carbocycles. The molecule has 2 heterocycles. The Morgan fingerprint density at radius 2 is 2.50 bits per heavy atom. The van der Waals surface area contributed by atoms with E-state index in [2.05, 4.69) is 10.4 Å². The number of morpholine rings is 1. The summed E-state index contributed by atoms with van der Waals surface area (Å²) in [7, 11) is 1.61. The van der Waals surface area contributed by atoms with Crippen molar-refractivity contribution in [2.24, 2.45) is 7.05 Å². The molecule has 1 aliphatic rings. The lowest BCUT2D eigenvalue weighted by atomic mass is 10.2. The number of ether oxygens (including phenoxy) is 2. The van der Waals surface area contributed by atoms with E-state index in [1.165, 1.54) is 10.9 Å². The Labute approximate surface area is 104 Å². The largest absolute Gasteiger partial charge is 0.469 e. The highest BCUT2D eigenvalue weighted by Gasteiger charge is 2.24. The standard InChI is InChI=1S/C10H16N4O4/c1-7-3-11-4-8(18-7)6-17-10-9(14(15)16)5-13(2)12-10/h5,7-8,11H,3-4,6H2,1-2H3. The Balaban J connectivity index is 1.95. The van der Waals surface area contributed by atoms with E-state index in [1.807, 2.05) is 6.92 Å². The molecular weight excluding hydrogens is 240 g/mol. The second-order valence-corrected chi connectivity index (χ2v) is 4.29. The van der Waals surface area contributed by atoms with Crippen molar-refractivity contribution in [3.8, 4) is 5.88 Å². The number of hydrogen-bond acceptors (Lipinski definition) is 6. The summed E-state index contributed by atoms with van der Waals surface area (Å²) in [6.07, 6.45) is 1.32. The van der Waals surface area contributed by atoms with Crippen LogP contribution in [0.2, 0.25) is 0 Å². The summed E-state index contributed by atoms with van der Waals surface area (Å²) in [5, 5.41) is 17.9. The first-order valence-electron chi connectivity index (χ1n) is 5.73. The quantitative estimate of drug-likeness (QED) is 0.606. The first-order valence-corrected chi connectivity index (χ1v) is 5.73. The fourth-order valence-corrected chi connectivity index (χ4v) is 1.83. The zero-order chi connectivity index (χ0) is 13.1. The fourth-order valence-electron chi connectivity index (χ4n) is 1.83. The molecule has 1 N–H and O–H groups in total. The predicted octanol–water partition coefficient (Wildman–Crippen LogP) is 0.0840. The number of rotatable bonds is 4. The molecule has 0 amide bonds. The van der Waals surface area contributed by atoms with Crippen molar-refractivity contribution < 1.29 is 14.4 Å². The van der Waals surface area contributed by atoms with Crippen LogP contribution in [0.5, 0.6) is 5.88 Å². The fraction of sp³-hybridized carbons (Fsp3) is 0.700. The Bertz CT molecular complexity index is 434. The topological polar surface area (TPSA) is 91.5 Å². The minimum atomic E-state index is -0.509. The van der Waals surface area contributed by atoms with Crippen LogP contribution in [0, 0.1) is 10.1 Å². The number of nitro groups is 1. The van der Waals surface area contributed by atoms with E-state index >= 15 is 0 Å². The molecule has 0 bridgehead atoms. The van der Waals surface area contributed by atoms with Crippen molar-refractivity contribution in [1.82, 2.24) is 15.1 Å². The van der Waals surface area contributed by atoms with Gasteiger partial charge in [-0.25, -0.2) is 0 Å². The van der Waals surface area contributed by atoms with Crippen molar-refractivity contribution in [3.05, 3.63) is 16.3 Å². The van der Waals surface area contributed by atoms with Gasteiger partial charge in [0.1, 0.15) is 18.9 Å². The van der Waals surface area contributed by atoms with Gasteiger partial charge in [-0.3, -0.25) is 14.8 Å². The minimum Gasteiger partial charge on any atom is -0.469 e. The van der Waals surface area contributed by atoms with E-state index in [0.29, 0.717) is 6.54 Å².